The zero-order valence-corrected chi connectivity index (χ0v) is 10.3. The quantitative estimate of drug-likeness (QED) is 0.517. The van der Waals surface area contributed by atoms with Gasteiger partial charge < -0.3 is 0 Å². The van der Waals surface area contributed by atoms with Gasteiger partial charge in [-0.25, -0.2) is 8.77 Å². The second-order valence-corrected chi connectivity index (χ2v) is 4.94. The Morgan fingerprint density at radius 3 is 2.83 bits per heavy atom. The van der Waals surface area contributed by atoms with Crippen LogP contribution in [0.15, 0.2) is 54.0 Å². The van der Waals surface area contributed by atoms with Crippen molar-refractivity contribution in [2.75, 3.05) is 0 Å². The SMILES string of the molecule is c1ccc(-c2cc3c(cn2)nc2ccsn23)cc1. The number of nitrogens with zero attached hydrogens (tertiary/aromatic N) is 3. The van der Waals surface area contributed by atoms with Gasteiger partial charge in [0.1, 0.15) is 11.2 Å². The second-order valence-electron chi connectivity index (χ2n) is 4.10. The predicted octanol–water partition coefficient (Wildman–Crippen LogP) is 3.61. The molecule has 0 amide bonds. The van der Waals surface area contributed by atoms with E-state index in [1.807, 2.05) is 35.8 Å². The summed E-state index contributed by atoms with van der Waals surface area (Å²) in [4.78, 5) is 9.00. The van der Waals surface area contributed by atoms with E-state index in [9.17, 15) is 0 Å². The van der Waals surface area contributed by atoms with E-state index in [0.29, 0.717) is 0 Å². The number of benzene rings is 1. The van der Waals surface area contributed by atoms with Crippen molar-refractivity contribution in [2.24, 2.45) is 0 Å². The summed E-state index contributed by atoms with van der Waals surface area (Å²) in [5, 5.41) is 2.05. The van der Waals surface area contributed by atoms with Gasteiger partial charge in [-0.2, -0.15) is 0 Å². The highest BCUT2D eigenvalue weighted by Crippen LogP contribution is 2.24. The lowest BCUT2D eigenvalue weighted by Gasteiger charge is -1.99. The van der Waals surface area contributed by atoms with Crippen molar-refractivity contribution in [3.8, 4) is 11.3 Å². The van der Waals surface area contributed by atoms with Crippen molar-refractivity contribution in [1.82, 2.24) is 13.8 Å². The van der Waals surface area contributed by atoms with Crippen LogP contribution in [0, 0.1) is 0 Å². The van der Waals surface area contributed by atoms with Gasteiger partial charge in [0.2, 0.25) is 0 Å². The van der Waals surface area contributed by atoms with Crippen molar-refractivity contribution in [1.29, 1.82) is 0 Å². The van der Waals surface area contributed by atoms with Gasteiger partial charge in [-0.15, -0.1) is 0 Å². The van der Waals surface area contributed by atoms with Crippen LogP contribution in [0.3, 0.4) is 0 Å². The van der Waals surface area contributed by atoms with Crippen LogP contribution in [-0.4, -0.2) is 13.8 Å². The van der Waals surface area contributed by atoms with E-state index >= 15 is 0 Å². The van der Waals surface area contributed by atoms with Crippen LogP contribution in [0.5, 0.6) is 0 Å². The van der Waals surface area contributed by atoms with Crippen molar-refractivity contribution < 1.29 is 0 Å². The molecule has 0 fully saturated rings. The summed E-state index contributed by atoms with van der Waals surface area (Å²) in [5.41, 5.74) is 5.17. The molecule has 0 bridgehead atoms. The molecular formula is C14H9N3S. The van der Waals surface area contributed by atoms with E-state index in [4.69, 9.17) is 0 Å². The molecule has 3 nitrogen and oxygen atoms in total. The van der Waals surface area contributed by atoms with E-state index in [-0.39, 0.29) is 0 Å². The lowest BCUT2D eigenvalue weighted by Crippen LogP contribution is -1.84. The number of aromatic nitrogens is 3. The number of rotatable bonds is 1. The minimum Gasteiger partial charge on any atom is -0.254 e. The molecule has 4 aromatic rings. The topological polar surface area (TPSA) is 30.2 Å². The third kappa shape index (κ3) is 1.36. The first-order chi connectivity index (χ1) is 8.92. The highest BCUT2D eigenvalue weighted by Gasteiger charge is 2.07. The molecule has 0 atom stereocenters. The van der Waals surface area contributed by atoms with Gasteiger partial charge in [-0.3, -0.25) is 4.98 Å². The van der Waals surface area contributed by atoms with E-state index in [1.165, 1.54) is 0 Å². The summed E-state index contributed by atoms with van der Waals surface area (Å²) in [6.07, 6.45) is 1.84. The third-order valence-corrected chi connectivity index (χ3v) is 3.83. The number of pyridine rings is 1. The molecular weight excluding hydrogens is 242 g/mol. The van der Waals surface area contributed by atoms with E-state index in [1.54, 1.807) is 11.5 Å². The minimum absolute atomic E-state index is 0.946. The Kier molecular flexibility index (Phi) is 1.98. The number of fused-ring (bicyclic) bond motifs is 3. The van der Waals surface area contributed by atoms with Crippen LogP contribution in [-0.2, 0) is 0 Å². The van der Waals surface area contributed by atoms with Crippen molar-refractivity contribution in [2.45, 2.75) is 0 Å². The molecule has 0 aliphatic rings. The molecule has 0 unspecified atom stereocenters. The summed E-state index contributed by atoms with van der Waals surface area (Å²) in [5.74, 6) is 0. The summed E-state index contributed by atoms with van der Waals surface area (Å²) in [7, 11) is 0. The molecule has 0 aliphatic heterocycles. The predicted molar refractivity (Wildman–Crippen MR) is 73.8 cm³/mol. The molecule has 4 rings (SSSR count). The average molecular weight is 251 g/mol. The number of imidazole rings is 1. The molecule has 0 saturated carbocycles. The molecule has 0 saturated heterocycles. The maximum Gasteiger partial charge on any atom is 0.148 e. The molecule has 0 radical (unpaired) electrons. The average Bonchev–Trinajstić information content (AvgIpc) is 2.99. The molecule has 86 valence electrons. The van der Waals surface area contributed by atoms with Crippen LogP contribution in [0.4, 0.5) is 0 Å². The van der Waals surface area contributed by atoms with Gasteiger partial charge >= 0.3 is 0 Å². The van der Waals surface area contributed by atoms with Crippen molar-refractivity contribution >= 4 is 28.2 Å². The lowest BCUT2D eigenvalue weighted by molar-refractivity contribution is 1.34. The van der Waals surface area contributed by atoms with Crippen LogP contribution >= 0.6 is 11.5 Å². The Labute approximate surface area is 108 Å². The van der Waals surface area contributed by atoms with Crippen LogP contribution in [0.2, 0.25) is 0 Å². The van der Waals surface area contributed by atoms with E-state index < -0.39 is 0 Å². The number of hydrogen-bond acceptors (Lipinski definition) is 3. The number of hydrogen-bond donors (Lipinski definition) is 0. The molecule has 3 heterocycles. The van der Waals surface area contributed by atoms with Gasteiger partial charge in [-0.1, -0.05) is 41.9 Å². The highest BCUT2D eigenvalue weighted by molar-refractivity contribution is 7.05. The van der Waals surface area contributed by atoms with Gasteiger partial charge in [0.05, 0.1) is 17.4 Å². The summed E-state index contributed by atoms with van der Waals surface area (Å²) in [6.45, 7) is 0. The summed E-state index contributed by atoms with van der Waals surface area (Å²) < 4.78 is 2.13. The fourth-order valence-electron chi connectivity index (χ4n) is 2.11. The first-order valence-corrected chi connectivity index (χ1v) is 6.53. The van der Waals surface area contributed by atoms with Gasteiger partial charge in [0, 0.05) is 10.9 Å². The summed E-state index contributed by atoms with van der Waals surface area (Å²) >= 11 is 1.65. The highest BCUT2D eigenvalue weighted by atomic mass is 32.1. The fraction of sp³-hybridized carbons (Fsp3) is 0. The molecule has 0 N–H and O–H groups in total. The Morgan fingerprint density at radius 2 is 1.94 bits per heavy atom. The summed E-state index contributed by atoms with van der Waals surface area (Å²) in [6, 6.07) is 14.3. The smallest absolute Gasteiger partial charge is 0.148 e. The molecule has 3 aromatic heterocycles. The zero-order valence-electron chi connectivity index (χ0n) is 9.45. The van der Waals surface area contributed by atoms with Crippen molar-refractivity contribution in [3.05, 3.63) is 54.0 Å². The Morgan fingerprint density at radius 1 is 1.06 bits per heavy atom. The zero-order chi connectivity index (χ0) is 11.9. The van der Waals surface area contributed by atoms with Gasteiger partial charge in [0.25, 0.3) is 0 Å². The Bertz CT molecular complexity index is 830. The second kappa shape index (κ2) is 3.65. The maximum atomic E-state index is 4.52. The largest absolute Gasteiger partial charge is 0.254 e. The monoisotopic (exact) mass is 251 g/mol. The van der Waals surface area contributed by atoms with Crippen LogP contribution in [0.25, 0.3) is 27.9 Å². The van der Waals surface area contributed by atoms with Crippen LogP contribution < -0.4 is 0 Å². The molecule has 0 aliphatic carbocycles. The lowest BCUT2D eigenvalue weighted by atomic mass is 10.1. The molecule has 18 heavy (non-hydrogen) atoms. The van der Waals surface area contributed by atoms with Crippen molar-refractivity contribution in [3.63, 3.8) is 0 Å². The first kappa shape index (κ1) is 9.79. The maximum absolute atomic E-state index is 4.52. The fourth-order valence-corrected chi connectivity index (χ4v) is 2.89. The Hall–Kier alpha value is -2.20. The van der Waals surface area contributed by atoms with Gasteiger partial charge in [-0.05, 0) is 12.1 Å². The standard InChI is InChI=1S/C14H9N3S/c1-2-4-10(5-3-1)11-8-13-12(9-15-11)16-14-6-7-18-17(13)14/h1-9H. The Balaban J connectivity index is 2.02. The van der Waals surface area contributed by atoms with E-state index in [2.05, 4.69) is 32.0 Å². The van der Waals surface area contributed by atoms with Gasteiger partial charge in [0.15, 0.2) is 0 Å². The molecule has 0 spiro atoms. The molecule has 4 heteroatoms. The normalized spacial score (nSPS) is 11.3. The minimum atomic E-state index is 0.946. The first-order valence-electron chi connectivity index (χ1n) is 5.69. The van der Waals surface area contributed by atoms with Crippen LogP contribution in [0.1, 0.15) is 0 Å². The van der Waals surface area contributed by atoms with E-state index in [0.717, 1.165) is 27.9 Å². The third-order valence-electron chi connectivity index (χ3n) is 2.98. The molecule has 1 aromatic carbocycles.